The van der Waals surface area contributed by atoms with E-state index in [1.54, 1.807) is 24.3 Å². The third kappa shape index (κ3) is 4.49. The number of rotatable bonds is 5. The second-order valence-electron chi connectivity index (χ2n) is 5.63. The maximum absolute atomic E-state index is 13.7. The number of nitrogens with one attached hydrogen (secondary N) is 2. The van der Waals surface area contributed by atoms with E-state index in [1.807, 2.05) is 0 Å². The summed E-state index contributed by atoms with van der Waals surface area (Å²) >= 11 is 0. The number of carbonyl (C=O) groups excluding carboxylic acids is 2. The van der Waals surface area contributed by atoms with Crippen molar-refractivity contribution in [3.63, 3.8) is 0 Å². The van der Waals surface area contributed by atoms with Crippen LogP contribution in [0, 0.1) is 11.6 Å². The van der Waals surface area contributed by atoms with Crippen molar-refractivity contribution in [2.45, 2.75) is 6.92 Å². The van der Waals surface area contributed by atoms with Crippen molar-refractivity contribution in [3.05, 3.63) is 77.8 Å². The largest absolute Gasteiger partial charge is 0.340 e. The summed E-state index contributed by atoms with van der Waals surface area (Å²) in [7, 11) is 0. The van der Waals surface area contributed by atoms with Gasteiger partial charge < -0.3 is 10.6 Å². The van der Waals surface area contributed by atoms with E-state index in [9.17, 15) is 18.4 Å². The van der Waals surface area contributed by atoms with Crippen LogP contribution in [0.5, 0.6) is 0 Å². The molecule has 2 N–H and O–H groups in total. The SMILES string of the molecule is CC(=O)c1ccc(Nc2cc(C(=O)Nc3ccc(F)cc3F)ncn2)cc1. The summed E-state index contributed by atoms with van der Waals surface area (Å²) in [6.07, 6.45) is 1.18. The number of nitrogens with zero attached hydrogens (tertiary/aromatic N) is 2. The van der Waals surface area contributed by atoms with E-state index in [0.717, 1.165) is 12.1 Å². The lowest BCUT2D eigenvalue weighted by Gasteiger charge is -2.08. The van der Waals surface area contributed by atoms with Gasteiger partial charge in [-0.2, -0.15) is 0 Å². The number of hydrogen-bond acceptors (Lipinski definition) is 5. The molecule has 27 heavy (non-hydrogen) atoms. The molecule has 1 heterocycles. The van der Waals surface area contributed by atoms with Crippen LogP contribution in [0.1, 0.15) is 27.8 Å². The van der Waals surface area contributed by atoms with E-state index in [2.05, 4.69) is 20.6 Å². The minimum Gasteiger partial charge on any atom is -0.340 e. The van der Waals surface area contributed by atoms with Crippen LogP contribution in [0.15, 0.2) is 54.9 Å². The molecule has 0 aliphatic carbocycles. The van der Waals surface area contributed by atoms with E-state index in [0.29, 0.717) is 23.1 Å². The molecule has 0 radical (unpaired) electrons. The van der Waals surface area contributed by atoms with Crippen molar-refractivity contribution in [2.24, 2.45) is 0 Å². The zero-order valence-electron chi connectivity index (χ0n) is 14.2. The van der Waals surface area contributed by atoms with E-state index in [1.165, 1.54) is 19.3 Å². The molecule has 136 valence electrons. The van der Waals surface area contributed by atoms with Gasteiger partial charge in [-0.05, 0) is 43.3 Å². The van der Waals surface area contributed by atoms with Gasteiger partial charge in [-0.1, -0.05) is 0 Å². The average Bonchev–Trinajstić information content (AvgIpc) is 2.64. The van der Waals surface area contributed by atoms with Gasteiger partial charge in [0, 0.05) is 23.4 Å². The van der Waals surface area contributed by atoms with E-state index in [-0.39, 0.29) is 17.2 Å². The first-order valence-corrected chi connectivity index (χ1v) is 7.89. The number of hydrogen-bond donors (Lipinski definition) is 2. The number of ketones is 1. The second kappa shape index (κ2) is 7.69. The highest BCUT2D eigenvalue weighted by molar-refractivity contribution is 6.03. The van der Waals surface area contributed by atoms with Crippen LogP contribution in [-0.2, 0) is 0 Å². The van der Waals surface area contributed by atoms with Crippen molar-refractivity contribution in [2.75, 3.05) is 10.6 Å². The van der Waals surface area contributed by atoms with Crippen molar-refractivity contribution >= 4 is 28.9 Å². The number of carbonyl (C=O) groups is 2. The zero-order valence-corrected chi connectivity index (χ0v) is 14.2. The van der Waals surface area contributed by atoms with Crippen molar-refractivity contribution in [3.8, 4) is 0 Å². The Morgan fingerprint density at radius 1 is 0.963 bits per heavy atom. The Kier molecular flexibility index (Phi) is 5.16. The first-order valence-electron chi connectivity index (χ1n) is 7.89. The third-order valence-electron chi connectivity index (χ3n) is 3.64. The summed E-state index contributed by atoms with van der Waals surface area (Å²) in [6, 6.07) is 10.9. The van der Waals surface area contributed by atoms with Gasteiger partial charge in [-0.25, -0.2) is 18.7 Å². The summed E-state index contributed by atoms with van der Waals surface area (Å²) in [4.78, 5) is 31.4. The van der Waals surface area contributed by atoms with Crippen molar-refractivity contribution in [1.29, 1.82) is 0 Å². The van der Waals surface area contributed by atoms with Gasteiger partial charge in [-0.3, -0.25) is 9.59 Å². The smallest absolute Gasteiger partial charge is 0.274 e. The van der Waals surface area contributed by atoms with Gasteiger partial charge in [0.2, 0.25) is 0 Å². The van der Waals surface area contributed by atoms with Gasteiger partial charge in [0.15, 0.2) is 5.78 Å². The number of benzene rings is 2. The maximum Gasteiger partial charge on any atom is 0.274 e. The monoisotopic (exact) mass is 368 g/mol. The number of halogens is 2. The number of anilines is 3. The molecule has 0 bridgehead atoms. The molecule has 0 spiro atoms. The molecule has 1 aromatic heterocycles. The topological polar surface area (TPSA) is 84.0 Å². The van der Waals surface area contributed by atoms with Gasteiger partial charge in [0.1, 0.15) is 29.5 Å². The Morgan fingerprint density at radius 2 is 1.70 bits per heavy atom. The highest BCUT2D eigenvalue weighted by Gasteiger charge is 2.12. The van der Waals surface area contributed by atoms with Crippen LogP contribution >= 0.6 is 0 Å². The molecule has 0 atom stereocenters. The predicted octanol–water partition coefficient (Wildman–Crippen LogP) is 3.95. The second-order valence-corrected chi connectivity index (χ2v) is 5.63. The third-order valence-corrected chi connectivity index (χ3v) is 3.64. The number of amides is 1. The van der Waals surface area contributed by atoms with E-state index in [4.69, 9.17) is 0 Å². The molecule has 0 saturated heterocycles. The van der Waals surface area contributed by atoms with Crippen LogP contribution in [-0.4, -0.2) is 21.7 Å². The molecule has 8 heteroatoms. The van der Waals surface area contributed by atoms with Gasteiger partial charge in [0.25, 0.3) is 5.91 Å². The fourth-order valence-corrected chi connectivity index (χ4v) is 2.26. The summed E-state index contributed by atoms with van der Waals surface area (Å²) in [6.45, 7) is 1.47. The summed E-state index contributed by atoms with van der Waals surface area (Å²) in [5.41, 5.74) is 1.07. The highest BCUT2D eigenvalue weighted by atomic mass is 19.1. The van der Waals surface area contributed by atoms with Crippen LogP contribution in [0.2, 0.25) is 0 Å². The lowest BCUT2D eigenvalue weighted by molar-refractivity contribution is 0.101. The molecule has 0 fully saturated rings. The first-order chi connectivity index (χ1) is 12.9. The summed E-state index contributed by atoms with van der Waals surface area (Å²) in [5.74, 6) is -2.00. The zero-order chi connectivity index (χ0) is 19.4. The molecule has 1 amide bonds. The standard InChI is InChI=1S/C19H14F2N4O2/c1-11(26)12-2-5-14(6-3-12)24-18-9-17(22-10-23-18)19(27)25-16-7-4-13(20)8-15(16)21/h2-10H,1H3,(H,25,27)(H,22,23,24). The lowest BCUT2D eigenvalue weighted by Crippen LogP contribution is -2.15. The Bertz CT molecular complexity index is 1010. The predicted molar refractivity (Wildman–Crippen MR) is 96.1 cm³/mol. The molecule has 0 aliphatic heterocycles. The molecule has 3 rings (SSSR count). The Morgan fingerprint density at radius 3 is 2.37 bits per heavy atom. The average molecular weight is 368 g/mol. The molecule has 6 nitrogen and oxygen atoms in total. The Labute approximate surface area is 153 Å². The Hall–Kier alpha value is -3.68. The maximum atomic E-state index is 13.7. The number of aromatic nitrogens is 2. The van der Waals surface area contributed by atoms with Crippen LogP contribution in [0.4, 0.5) is 26.0 Å². The van der Waals surface area contributed by atoms with E-state index >= 15 is 0 Å². The first kappa shape index (κ1) is 18.1. The highest BCUT2D eigenvalue weighted by Crippen LogP contribution is 2.18. The summed E-state index contributed by atoms with van der Waals surface area (Å²) in [5, 5.41) is 5.31. The fourth-order valence-electron chi connectivity index (χ4n) is 2.26. The molecular formula is C19H14F2N4O2. The molecule has 0 aliphatic rings. The van der Waals surface area contributed by atoms with Crippen molar-refractivity contribution < 1.29 is 18.4 Å². The quantitative estimate of drug-likeness (QED) is 0.666. The fraction of sp³-hybridized carbons (Fsp3) is 0.0526. The molecule has 0 saturated carbocycles. The molecule has 3 aromatic rings. The van der Waals surface area contributed by atoms with Gasteiger partial charge in [0.05, 0.1) is 5.69 Å². The van der Waals surface area contributed by atoms with Gasteiger partial charge in [-0.15, -0.1) is 0 Å². The molecule has 2 aromatic carbocycles. The minimum absolute atomic E-state index is 0.00317. The van der Waals surface area contributed by atoms with Crippen LogP contribution in [0.3, 0.4) is 0 Å². The van der Waals surface area contributed by atoms with E-state index < -0.39 is 17.5 Å². The van der Waals surface area contributed by atoms with Crippen molar-refractivity contribution in [1.82, 2.24) is 9.97 Å². The van der Waals surface area contributed by atoms with Crippen LogP contribution < -0.4 is 10.6 Å². The summed E-state index contributed by atoms with van der Waals surface area (Å²) < 4.78 is 26.6. The van der Waals surface area contributed by atoms with Gasteiger partial charge >= 0.3 is 0 Å². The normalized spacial score (nSPS) is 10.3. The minimum atomic E-state index is -0.888. The molecular weight excluding hydrogens is 354 g/mol. The molecule has 0 unspecified atom stereocenters. The van der Waals surface area contributed by atoms with Crippen LogP contribution in [0.25, 0.3) is 0 Å². The lowest BCUT2D eigenvalue weighted by atomic mass is 10.1. The Balaban J connectivity index is 1.74. The number of Topliss-reactive ketones (excluding diaryl/α,β-unsaturated/α-hetero) is 1.